The molecule has 1 heterocycles. The monoisotopic (exact) mass is 422 g/mol. The summed E-state index contributed by atoms with van der Waals surface area (Å²) in [5.74, 6) is 2.54. The molecule has 0 bridgehead atoms. The Hall–Kier alpha value is 0.911. The molecule has 3 aliphatic rings. The molecule has 0 aromatic heterocycles. The van der Waals surface area contributed by atoms with Gasteiger partial charge in [0.05, 0.1) is 0 Å². The van der Waals surface area contributed by atoms with Gasteiger partial charge in [-0.3, -0.25) is 0 Å². The first-order valence-corrected chi connectivity index (χ1v) is 16.1. The number of halogens is 2. The van der Waals surface area contributed by atoms with Crippen molar-refractivity contribution in [2.75, 3.05) is 26.2 Å². The van der Waals surface area contributed by atoms with Crippen molar-refractivity contribution in [3.05, 3.63) is 37.0 Å². The topological polar surface area (TPSA) is 17.3 Å². The summed E-state index contributed by atoms with van der Waals surface area (Å²) >= 11 is -0.556. The second-order valence-electron chi connectivity index (χ2n) is 7.32. The van der Waals surface area contributed by atoms with E-state index in [1.165, 1.54) is 25.9 Å². The third-order valence-corrected chi connectivity index (χ3v) is 10.6. The van der Waals surface area contributed by atoms with Gasteiger partial charge in [-0.1, -0.05) is 50.7 Å². The van der Waals surface area contributed by atoms with Crippen LogP contribution in [0.4, 0.5) is 0 Å². The molecule has 6 heteroatoms. The molecule has 1 saturated heterocycles. The molecule has 3 rings (SSSR count). The van der Waals surface area contributed by atoms with Crippen LogP contribution < -0.4 is 0 Å². The Kier molecular flexibility index (Phi) is 10.4. The van der Waals surface area contributed by atoms with Gasteiger partial charge in [0, 0.05) is 0 Å². The predicted molar refractivity (Wildman–Crippen MR) is 108 cm³/mol. The van der Waals surface area contributed by atoms with Crippen molar-refractivity contribution in [2.45, 2.75) is 38.4 Å². The van der Waals surface area contributed by atoms with Crippen LogP contribution in [0.3, 0.4) is 0 Å². The van der Waals surface area contributed by atoms with Crippen LogP contribution in [0.2, 0.25) is 18.6 Å². The maximum atomic E-state index is 4.89. The van der Waals surface area contributed by atoms with E-state index in [-0.39, 0.29) is 7.43 Å². The summed E-state index contributed by atoms with van der Waals surface area (Å²) in [7, 11) is 8.43. The van der Waals surface area contributed by atoms with E-state index < -0.39 is 25.3 Å². The molecule has 2 nitrogen and oxygen atoms in total. The molecule has 0 amide bonds. The van der Waals surface area contributed by atoms with E-state index >= 15 is 0 Å². The van der Waals surface area contributed by atoms with Gasteiger partial charge < -0.3 is 17.3 Å². The van der Waals surface area contributed by atoms with Crippen molar-refractivity contribution in [2.24, 2.45) is 17.8 Å². The molecule has 2 fully saturated rings. The third kappa shape index (κ3) is 5.22. The summed E-state index contributed by atoms with van der Waals surface area (Å²) in [5, 5.41) is 4.54. The maximum absolute atomic E-state index is 4.89. The Labute approximate surface area is 167 Å². The van der Waals surface area contributed by atoms with Crippen LogP contribution in [-0.2, 0) is 17.0 Å². The number of piperazine rings is 1. The fourth-order valence-corrected chi connectivity index (χ4v) is 8.75. The Bertz CT molecular complexity index is 425. The van der Waals surface area contributed by atoms with Crippen LogP contribution >= 0.6 is 18.6 Å². The number of allylic oxidation sites excluding steroid dienone is 4. The molecule has 0 spiro atoms. The van der Waals surface area contributed by atoms with Crippen LogP contribution in [0.25, 0.3) is 5.32 Å². The van der Waals surface area contributed by atoms with Gasteiger partial charge in [-0.25, -0.2) is 0 Å². The van der Waals surface area contributed by atoms with Crippen molar-refractivity contribution in [1.82, 2.24) is 4.57 Å². The standard InChI is InChI=1S/C17H29N2Si.CH3.2ClH.Ti/c1-4-14-13-17(16-8-6-5-7-15(14)16)20(2,3)19-11-9-18-10-12-19;;;;/h5-8,14-17H,4,9-13H2,1-3H3;1H3;2*1H;/q2*-1;;;+2/p-2/t14-,15?,16?,17?;;;;/m0..../s1. The van der Waals surface area contributed by atoms with Crippen LogP contribution in [0.15, 0.2) is 24.3 Å². The van der Waals surface area contributed by atoms with Gasteiger partial charge in [0.15, 0.2) is 0 Å². The van der Waals surface area contributed by atoms with Crippen molar-refractivity contribution < 1.29 is 17.0 Å². The summed E-state index contributed by atoms with van der Waals surface area (Å²) in [6, 6.07) is 0. The zero-order valence-corrected chi connectivity index (χ0v) is 19.6. The van der Waals surface area contributed by atoms with Gasteiger partial charge in [-0.15, -0.1) is 13.1 Å². The quantitative estimate of drug-likeness (QED) is 0.410. The molecule has 0 radical (unpaired) electrons. The van der Waals surface area contributed by atoms with Crippen molar-refractivity contribution in [1.29, 1.82) is 0 Å². The summed E-state index contributed by atoms with van der Waals surface area (Å²) < 4.78 is 2.84. The van der Waals surface area contributed by atoms with E-state index in [1.54, 1.807) is 0 Å². The zero-order chi connectivity index (χ0) is 16.9. The summed E-state index contributed by atoms with van der Waals surface area (Å²) in [6.07, 6.45) is 12.4. The van der Waals surface area contributed by atoms with E-state index in [1.807, 2.05) is 0 Å². The van der Waals surface area contributed by atoms with Crippen LogP contribution in [-0.4, -0.2) is 39.0 Å². The van der Waals surface area contributed by atoms with Crippen molar-refractivity contribution in [3.63, 3.8) is 0 Å². The van der Waals surface area contributed by atoms with E-state index in [0.717, 1.165) is 36.4 Å². The van der Waals surface area contributed by atoms with Gasteiger partial charge in [0.1, 0.15) is 8.24 Å². The fourth-order valence-electron chi connectivity index (χ4n) is 4.77. The zero-order valence-electron chi connectivity index (χ0n) is 15.5. The first-order chi connectivity index (χ1) is 11.1. The molecule has 3 unspecified atom stereocenters. The fraction of sp³-hybridized carbons (Fsp3) is 0.722. The SMILES string of the molecule is CC[C@H]1CC([Si](C)(C)N2CC[N-]CC2)C2C=CC=CC21.[CH3-].[Cl][Ti][Cl]. The van der Waals surface area contributed by atoms with Crippen LogP contribution in [0, 0.1) is 25.2 Å². The summed E-state index contributed by atoms with van der Waals surface area (Å²) in [5.41, 5.74) is 0.928. The molecule has 2 aliphatic carbocycles. The Balaban J connectivity index is 0.000000671. The van der Waals surface area contributed by atoms with Crippen LogP contribution in [0.5, 0.6) is 0 Å². The molecule has 0 aromatic carbocycles. The number of fused-ring (bicyclic) bond motifs is 1. The summed E-state index contributed by atoms with van der Waals surface area (Å²) in [6.45, 7) is 12.2. The van der Waals surface area contributed by atoms with Gasteiger partial charge in [0.25, 0.3) is 0 Å². The molecular weight excluding hydrogens is 391 g/mol. The second-order valence-corrected chi connectivity index (χ2v) is 14.6. The average Bonchev–Trinajstić information content (AvgIpc) is 2.96. The minimum absolute atomic E-state index is 0. The Morgan fingerprint density at radius 3 is 2.21 bits per heavy atom. The van der Waals surface area contributed by atoms with Crippen molar-refractivity contribution >= 4 is 26.8 Å². The number of rotatable bonds is 3. The molecular formula is C18H32Cl2N2SiTi-2. The predicted octanol–water partition coefficient (Wildman–Crippen LogP) is 5.87. The molecule has 138 valence electrons. The van der Waals surface area contributed by atoms with Gasteiger partial charge in [0.2, 0.25) is 0 Å². The first-order valence-electron chi connectivity index (χ1n) is 8.75. The van der Waals surface area contributed by atoms with Gasteiger partial charge in [-0.2, -0.15) is 0 Å². The second kappa shape index (κ2) is 10.9. The Morgan fingerprint density at radius 2 is 1.67 bits per heavy atom. The number of nitrogens with zero attached hydrogens (tertiary/aromatic N) is 2. The van der Waals surface area contributed by atoms with E-state index in [4.69, 9.17) is 18.6 Å². The Morgan fingerprint density at radius 1 is 1.12 bits per heavy atom. The molecule has 4 atom stereocenters. The van der Waals surface area contributed by atoms with Crippen LogP contribution in [0.1, 0.15) is 19.8 Å². The minimum atomic E-state index is -1.35. The number of hydrogen-bond donors (Lipinski definition) is 0. The van der Waals surface area contributed by atoms with Gasteiger partial charge in [-0.05, 0) is 42.8 Å². The third-order valence-electron chi connectivity index (χ3n) is 6.09. The van der Waals surface area contributed by atoms with E-state index in [2.05, 4.69) is 54.2 Å². The summed E-state index contributed by atoms with van der Waals surface area (Å²) in [4.78, 5) is 0. The molecule has 24 heavy (non-hydrogen) atoms. The van der Waals surface area contributed by atoms with Gasteiger partial charge >= 0.3 is 35.6 Å². The average molecular weight is 423 g/mol. The molecule has 1 aliphatic heterocycles. The normalized spacial score (nSPS) is 32.4. The number of hydrogen-bond acceptors (Lipinski definition) is 1. The first kappa shape index (κ1) is 23.0. The molecule has 0 N–H and O–H groups in total. The molecule has 1 saturated carbocycles. The van der Waals surface area contributed by atoms with Crippen molar-refractivity contribution in [3.8, 4) is 0 Å². The van der Waals surface area contributed by atoms with E-state index in [0.29, 0.717) is 0 Å². The molecule has 0 aromatic rings. The van der Waals surface area contributed by atoms with E-state index in [9.17, 15) is 0 Å².